The molecule has 0 saturated carbocycles. The number of carbonyl (C=O) groups excluding carboxylic acids is 1. The molecule has 0 aliphatic carbocycles. The van der Waals surface area contributed by atoms with Crippen LogP contribution in [0.2, 0.25) is 0 Å². The fraction of sp³-hybridized carbons (Fsp3) is 0.500. The van der Waals surface area contributed by atoms with E-state index in [4.69, 9.17) is 0 Å². The predicted molar refractivity (Wildman–Crippen MR) is 54.1 cm³/mol. The van der Waals surface area contributed by atoms with Crippen molar-refractivity contribution in [2.75, 3.05) is 7.05 Å². The Labute approximate surface area is 92.7 Å². The average molecular weight is 249 g/mol. The number of nitrogens with zero attached hydrogens (tertiary/aromatic N) is 2. The monoisotopic (exact) mass is 249 g/mol. The summed E-state index contributed by atoms with van der Waals surface area (Å²) in [7, 11) is -3.30. The van der Waals surface area contributed by atoms with E-state index in [-0.39, 0.29) is 11.7 Å². The summed E-state index contributed by atoms with van der Waals surface area (Å²) in [6, 6.07) is 0.811. The van der Waals surface area contributed by atoms with Gasteiger partial charge in [-0.05, 0) is 13.8 Å². The first-order chi connectivity index (χ1) is 7.23. The van der Waals surface area contributed by atoms with Gasteiger partial charge in [0, 0.05) is 19.2 Å². The molecular formula is C8H12FN3O3S. The maximum Gasteiger partial charge on any atom is 0.349 e. The Bertz CT molecular complexity index is 494. The van der Waals surface area contributed by atoms with Gasteiger partial charge in [-0.25, -0.2) is 0 Å². The number of hydrogen-bond donors (Lipinski definition) is 1. The van der Waals surface area contributed by atoms with E-state index in [2.05, 4.69) is 5.10 Å². The first-order valence-electron chi connectivity index (χ1n) is 4.50. The van der Waals surface area contributed by atoms with Crippen molar-refractivity contribution in [2.24, 2.45) is 0 Å². The topological polar surface area (TPSA) is 83.1 Å². The zero-order valence-electron chi connectivity index (χ0n) is 9.06. The van der Waals surface area contributed by atoms with E-state index < -0.39 is 21.2 Å². The summed E-state index contributed by atoms with van der Waals surface area (Å²) in [4.78, 5) is 13.0. The highest BCUT2D eigenvalue weighted by molar-refractivity contribution is 7.86. The first-order valence-corrected chi connectivity index (χ1v) is 5.89. The molecule has 0 radical (unpaired) electrons. The van der Waals surface area contributed by atoms with Crippen LogP contribution >= 0.6 is 0 Å². The van der Waals surface area contributed by atoms with Gasteiger partial charge < -0.3 is 4.90 Å². The Morgan fingerprint density at radius 1 is 1.56 bits per heavy atom. The van der Waals surface area contributed by atoms with Crippen molar-refractivity contribution in [2.45, 2.75) is 24.9 Å². The molecule has 1 heterocycles. The lowest BCUT2D eigenvalue weighted by Gasteiger charge is -2.19. The van der Waals surface area contributed by atoms with Gasteiger partial charge in [0.05, 0.1) is 0 Å². The molecule has 1 N–H and O–H groups in total. The Morgan fingerprint density at radius 3 is 2.50 bits per heavy atom. The minimum absolute atomic E-state index is 0.0605. The molecule has 16 heavy (non-hydrogen) atoms. The third-order valence-electron chi connectivity index (χ3n) is 2.13. The Hall–Kier alpha value is -1.44. The van der Waals surface area contributed by atoms with E-state index >= 15 is 0 Å². The van der Waals surface area contributed by atoms with Crippen LogP contribution in [-0.2, 0) is 10.2 Å². The molecule has 0 aliphatic rings. The Balaban J connectivity index is 3.00. The molecule has 0 aromatic carbocycles. The lowest BCUT2D eigenvalue weighted by Crippen LogP contribution is -2.33. The normalized spacial score (nSPS) is 11.8. The van der Waals surface area contributed by atoms with Crippen molar-refractivity contribution in [1.82, 2.24) is 15.1 Å². The number of rotatable bonds is 3. The molecule has 1 aromatic heterocycles. The quantitative estimate of drug-likeness (QED) is 0.793. The van der Waals surface area contributed by atoms with Gasteiger partial charge in [-0.3, -0.25) is 9.89 Å². The number of halogens is 1. The Kier molecular flexibility index (Phi) is 3.32. The van der Waals surface area contributed by atoms with E-state index in [1.165, 1.54) is 4.90 Å². The summed E-state index contributed by atoms with van der Waals surface area (Å²) < 4.78 is 33.6. The summed E-state index contributed by atoms with van der Waals surface area (Å²) in [5.41, 5.74) is -0.132. The third kappa shape index (κ3) is 2.57. The van der Waals surface area contributed by atoms with E-state index in [9.17, 15) is 17.1 Å². The predicted octanol–water partition coefficient (Wildman–Crippen LogP) is 0.548. The first kappa shape index (κ1) is 12.6. The van der Waals surface area contributed by atoms with Gasteiger partial charge in [-0.15, -0.1) is 0 Å². The van der Waals surface area contributed by atoms with Gasteiger partial charge in [0.25, 0.3) is 5.91 Å². The number of aromatic nitrogens is 2. The molecular weight excluding hydrogens is 237 g/mol. The average Bonchev–Trinajstić information content (AvgIpc) is 2.63. The van der Waals surface area contributed by atoms with Crippen LogP contribution in [0.4, 0.5) is 3.89 Å². The molecule has 0 atom stereocenters. The van der Waals surface area contributed by atoms with Crippen LogP contribution in [-0.4, -0.2) is 42.5 Å². The van der Waals surface area contributed by atoms with E-state index in [1.54, 1.807) is 20.9 Å². The summed E-state index contributed by atoms with van der Waals surface area (Å²) in [6.07, 6.45) is 0. The molecule has 0 aliphatic heterocycles. The van der Waals surface area contributed by atoms with Gasteiger partial charge in [0.2, 0.25) is 0 Å². The highest BCUT2D eigenvalue weighted by Crippen LogP contribution is 2.11. The van der Waals surface area contributed by atoms with Gasteiger partial charge >= 0.3 is 10.2 Å². The van der Waals surface area contributed by atoms with Crippen LogP contribution in [0.25, 0.3) is 0 Å². The number of carbonyl (C=O) groups is 1. The molecule has 0 unspecified atom stereocenters. The summed E-state index contributed by atoms with van der Waals surface area (Å²) >= 11 is 0. The van der Waals surface area contributed by atoms with Crippen molar-refractivity contribution in [1.29, 1.82) is 0 Å². The molecule has 1 aromatic rings. The fourth-order valence-electron chi connectivity index (χ4n) is 0.954. The van der Waals surface area contributed by atoms with E-state index in [1.807, 2.05) is 5.10 Å². The maximum atomic E-state index is 12.5. The number of hydrogen-bond acceptors (Lipinski definition) is 4. The largest absolute Gasteiger partial charge is 0.349 e. The standard InChI is InChI=1S/C8H12FN3O3S/c1-5(2)12(3)8(13)6-4-7(11-10-6)16(9,14)15/h4-5H,1-3H3,(H,10,11). The SMILES string of the molecule is CC(C)N(C)C(=O)c1cc(S(=O)(=O)F)[nH]n1. The molecule has 1 amide bonds. The van der Waals surface area contributed by atoms with E-state index in [0.717, 1.165) is 6.07 Å². The van der Waals surface area contributed by atoms with Crippen molar-refractivity contribution >= 4 is 16.1 Å². The van der Waals surface area contributed by atoms with Gasteiger partial charge in [0.15, 0.2) is 10.7 Å². The van der Waals surface area contributed by atoms with Crippen LogP contribution in [0, 0.1) is 0 Å². The highest BCUT2D eigenvalue weighted by atomic mass is 32.3. The molecule has 6 nitrogen and oxygen atoms in total. The summed E-state index contributed by atoms with van der Waals surface area (Å²) in [5, 5.41) is 4.70. The van der Waals surface area contributed by atoms with E-state index in [0.29, 0.717) is 0 Å². The smallest absolute Gasteiger partial charge is 0.338 e. The van der Waals surface area contributed by atoms with Gasteiger partial charge in [-0.1, -0.05) is 3.89 Å². The van der Waals surface area contributed by atoms with Crippen LogP contribution in [0.3, 0.4) is 0 Å². The van der Waals surface area contributed by atoms with Crippen LogP contribution in [0.1, 0.15) is 24.3 Å². The number of aromatic amines is 1. The summed E-state index contributed by atoms with van der Waals surface area (Å²) in [6.45, 7) is 3.58. The number of H-pyrrole nitrogens is 1. The molecule has 0 spiro atoms. The lowest BCUT2D eigenvalue weighted by molar-refractivity contribution is 0.0749. The Morgan fingerprint density at radius 2 is 2.12 bits per heavy atom. The van der Waals surface area contributed by atoms with Crippen LogP contribution in [0.15, 0.2) is 11.1 Å². The fourth-order valence-corrected chi connectivity index (χ4v) is 1.36. The third-order valence-corrected chi connectivity index (χ3v) is 2.87. The van der Waals surface area contributed by atoms with Crippen molar-refractivity contribution in [3.63, 3.8) is 0 Å². The van der Waals surface area contributed by atoms with Gasteiger partial charge in [0.1, 0.15) is 0 Å². The van der Waals surface area contributed by atoms with Gasteiger partial charge in [-0.2, -0.15) is 13.5 Å². The molecule has 1 rings (SSSR count). The molecule has 0 saturated heterocycles. The molecule has 0 fully saturated rings. The maximum absolute atomic E-state index is 12.5. The van der Waals surface area contributed by atoms with Crippen molar-refractivity contribution in [3.05, 3.63) is 11.8 Å². The number of nitrogens with one attached hydrogen (secondary N) is 1. The van der Waals surface area contributed by atoms with Crippen molar-refractivity contribution < 1.29 is 17.1 Å². The second-order valence-corrected chi connectivity index (χ2v) is 4.88. The second kappa shape index (κ2) is 4.20. The molecule has 8 heteroatoms. The lowest BCUT2D eigenvalue weighted by atomic mass is 10.3. The zero-order chi connectivity index (χ0) is 12.5. The minimum atomic E-state index is -4.85. The second-order valence-electron chi connectivity index (χ2n) is 3.57. The van der Waals surface area contributed by atoms with Crippen molar-refractivity contribution in [3.8, 4) is 0 Å². The number of amides is 1. The zero-order valence-corrected chi connectivity index (χ0v) is 9.88. The van der Waals surface area contributed by atoms with Crippen LogP contribution in [0.5, 0.6) is 0 Å². The molecule has 90 valence electrons. The van der Waals surface area contributed by atoms with Crippen LogP contribution < -0.4 is 0 Å². The molecule has 0 bridgehead atoms. The summed E-state index contributed by atoms with van der Waals surface area (Å²) in [5.74, 6) is -0.471. The highest BCUT2D eigenvalue weighted by Gasteiger charge is 2.21. The minimum Gasteiger partial charge on any atom is -0.338 e.